The summed E-state index contributed by atoms with van der Waals surface area (Å²) in [6, 6.07) is 9.49. The number of nitro groups is 1. The zero-order valence-electron chi connectivity index (χ0n) is 13.5. The second kappa shape index (κ2) is 7.31. The summed E-state index contributed by atoms with van der Waals surface area (Å²) in [4.78, 5) is 22.7. The van der Waals surface area contributed by atoms with Gasteiger partial charge in [0, 0.05) is 17.3 Å². The quantitative estimate of drug-likeness (QED) is 0.632. The smallest absolute Gasteiger partial charge is 0.288 e. The van der Waals surface area contributed by atoms with E-state index in [9.17, 15) is 14.9 Å². The predicted octanol–water partition coefficient (Wildman–Crippen LogP) is 4.60. The molecule has 0 saturated carbocycles. The molecule has 7 heteroatoms. The lowest BCUT2D eigenvalue weighted by Gasteiger charge is -2.12. The first-order chi connectivity index (χ1) is 11.3. The van der Waals surface area contributed by atoms with Crippen LogP contribution in [0.1, 0.15) is 29.8 Å². The molecule has 0 aliphatic heterocycles. The van der Waals surface area contributed by atoms with E-state index in [2.05, 4.69) is 5.32 Å². The molecule has 126 valence electrons. The third kappa shape index (κ3) is 4.23. The number of nitrogens with one attached hydrogen (secondary N) is 1. The number of anilines is 1. The third-order valence-electron chi connectivity index (χ3n) is 3.21. The first-order valence-electron chi connectivity index (χ1n) is 7.30. The van der Waals surface area contributed by atoms with Gasteiger partial charge in [-0.25, -0.2) is 0 Å². The number of rotatable bonds is 5. The van der Waals surface area contributed by atoms with Gasteiger partial charge in [0.15, 0.2) is 0 Å². The van der Waals surface area contributed by atoms with E-state index in [-0.39, 0.29) is 22.7 Å². The molecule has 2 aromatic rings. The molecular weight excluding hydrogens is 332 g/mol. The molecule has 0 heterocycles. The Kier molecular flexibility index (Phi) is 5.41. The highest BCUT2D eigenvalue weighted by atomic mass is 35.5. The van der Waals surface area contributed by atoms with E-state index in [1.54, 1.807) is 31.2 Å². The van der Waals surface area contributed by atoms with Crippen molar-refractivity contribution in [2.24, 2.45) is 0 Å². The van der Waals surface area contributed by atoms with Gasteiger partial charge in [-0.1, -0.05) is 17.7 Å². The Balaban J connectivity index is 2.24. The Hall–Kier alpha value is -2.60. The highest BCUT2D eigenvalue weighted by Gasteiger charge is 2.17. The number of aryl methyl sites for hydroxylation is 1. The largest absolute Gasteiger partial charge is 0.491 e. The molecule has 0 aromatic heterocycles. The first-order valence-corrected chi connectivity index (χ1v) is 7.68. The van der Waals surface area contributed by atoms with E-state index in [4.69, 9.17) is 16.3 Å². The van der Waals surface area contributed by atoms with Gasteiger partial charge in [-0.05, 0) is 50.6 Å². The minimum absolute atomic E-state index is 0.000894. The van der Waals surface area contributed by atoms with E-state index in [0.717, 1.165) is 0 Å². The van der Waals surface area contributed by atoms with Crippen molar-refractivity contribution in [2.75, 3.05) is 5.32 Å². The van der Waals surface area contributed by atoms with Gasteiger partial charge >= 0.3 is 0 Å². The van der Waals surface area contributed by atoms with Crippen molar-refractivity contribution in [3.05, 3.63) is 62.7 Å². The second-order valence-corrected chi connectivity index (χ2v) is 5.93. The monoisotopic (exact) mass is 348 g/mol. The number of carbonyl (C=O) groups excluding carboxylic acids is 1. The summed E-state index contributed by atoms with van der Waals surface area (Å²) in [7, 11) is 0. The summed E-state index contributed by atoms with van der Waals surface area (Å²) in [6.45, 7) is 5.46. The van der Waals surface area contributed by atoms with Crippen LogP contribution in [0, 0.1) is 17.0 Å². The fraction of sp³-hybridized carbons (Fsp3) is 0.235. The van der Waals surface area contributed by atoms with Crippen LogP contribution in [-0.4, -0.2) is 16.9 Å². The van der Waals surface area contributed by atoms with Crippen LogP contribution in [0.3, 0.4) is 0 Å². The Bertz CT molecular complexity index is 790. The molecule has 24 heavy (non-hydrogen) atoms. The molecule has 0 unspecified atom stereocenters. The maximum Gasteiger partial charge on any atom is 0.288 e. The van der Waals surface area contributed by atoms with Crippen molar-refractivity contribution >= 4 is 28.9 Å². The predicted molar refractivity (Wildman–Crippen MR) is 93.0 cm³/mol. The molecule has 6 nitrogen and oxygen atoms in total. The molecule has 0 atom stereocenters. The van der Waals surface area contributed by atoms with Gasteiger partial charge in [-0.3, -0.25) is 14.9 Å². The van der Waals surface area contributed by atoms with Crippen molar-refractivity contribution in [1.82, 2.24) is 0 Å². The summed E-state index contributed by atoms with van der Waals surface area (Å²) >= 11 is 5.90. The molecule has 0 saturated heterocycles. The van der Waals surface area contributed by atoms with Gasteiger partial charge in [-0.2, -0.15) is 0 Å². The van der Waals surface area contributed by atoms with Gasteiger partial charge in [0.05, 0.1) is 11.0 Å². The normalized spacial score (nSPS) is 10.5. The van der Waals surface area contributed by atoms with Crippen LogP contribution in [0.15, 0.2) is 36.4 Å². The van der Waals surface area contributed by atoms with E-state index in [1.165, 1.54) is 12.1 Å². The molecule has 0 aliphatic rings. The molecule has 0 fully saturated rings. The number of halogens is 1. The highest BCUT2D eigenvalue weighted by Crippen LogP contribution is 2.30. The molecular formula is C17H17ClN2O4. The highest BCUT2D eigenvalue weighted by molar-refractivity contribution is 6.33. The SMILES string of the molecule is Cc1cc([N+](=O)[O-])c(Cl)cc1NC(=O)c1cccc(OC(C)C)c1. The molecule has 1 N–H and O–H groups in total. The number of nitro benzene ring substituents is 1. The minimum atomic E-state index is -0.562. The fourth-order valence-electron chi connectivity index (χ4n) is 2.12. The van der Waals surface area contributed by atoms with Crippen molar-refractivity contribution in [3.8, 4) is 5.75 Å². The molecule has 0 bridgehead atoms. The molecule has 0 spiro atoms. The lowest BCUT2D eigenvalue weighted by Crippen LogP contribution is -2.13. The number of hydrogen-bond donors (Lipinski definition) is 1. The van der Waals surface area contributed by atoms with Crippen LogP contribution in [0.4, 0.5) is 11.4 Å². The zero-order chi connectivity index (χ0) is 17.9. The van der Waals surface area contributed by atoms with Crippen molar-refractivity contribution < 1.29 is 14.5 Å². The molecule has 0 aliphatic carbocycles. The van der Waals surface area contributed by atoms with Crippen molar-refractivity contribution in [2.45, 2.75) is 26.9 Å². The maximum atomic E-state index is 12.4. The second-order valence-electron chi connectivity index (χ2n) is 5.52. The number of carbonyl (C=O) groups is 1. The Morgan fingerprint density at radius 3 is 2.62 bits per heavy atom. The Labute approximate surface area is 144 Å². The van der Waals surface area contributed by atoms with E-state index >= 15 is 0 Å². The Morgan fingerprint density at radius 1 is 1.29 bits per heavy atom. The van der Waals surface area contributed by atoms with Crippen molar-refractivity contribution in [1.29, 1.82) is 0 Å². The van der Waals surface area contributed by atoms with Gasteiger partial charge in [0.1, 0.15) is 10.8 Å². The summed E-state index contributed by atoms with van der Waals surface area (Å²) in [5.74, 6) is 0.244. The average Bonchev–Trinajstić information content (AvgIpc) is 2.49. The number of amides is 1. The molecule has 0 radical (unpaired) electrons. The van der Waals surface area contributed by atoms with Gasteiger partial charge in [-0.15, -0.1) is 0 Å². The van der Waals surface area contributed by atoms with Crippen LogP contribution in [0.25, 0.3) is 0 Å². The standard InChI is InChI=1S/C17H17ClN2O4/c1-10(2)24-13-6-4-5-12(8-13)17(21)19-15-9-14(18)16(20(22)23)7-11(15)3/h4-10H,1-3H3,(H,19,21). The molecule has 1 amide bonds. The number of nitrogens with zero attached hydrogens (tertiary/aromatic N) is 1. The zero-order valence-corrected chi connectivity index (χ0v) is 14.3. The number of ether oxygens (including phenoxy) is 1. The lowest BCUT2D eigenvalue weighted by molar-refractivity contribution is -0.384. The number of benzene rings is 2. The summed E-state index contributed by atoms with van der Waals surface area (Å²) < 4.78 is 5.56. The fourth-order valence-corrected chi connectivity index (χ4v) is 2.35. The maximum absolute atomic E-state index is 12.4. The van der Waals surface area contributed by atoms with E-state index in [0.29, 0.717) is 22.6 Å². The van der Waals surface area contributed by atoms with Crippen LogP contribution in [0.2, 0.25) is 5.02 Å². The van der Waals surface area contributed by atoms with E-state index < -0.39 is 4.92 Å². The van der Waals surface area contributed by atoms with Crippen LogP contribution in [-0.2, 0) is 0 Å². The molecule has 2 aromatic carbocycles. The lowest BCUT2D eigenvalue weighted by atomic mass is 10.1. The average molecular weight is 349 g/mol. The minimum Gasteiger partial charge on any atom is -0.491 e. The summed E-state index contributed by atoms with van der Waals surface area (Å²) in [5, 5.41) is 13.6. The van der Waals surface area contributed by atoms with Crippen LogP contribution >= 0.6 is 11.6 Å². The van der Waals surface area contributed by atoms with E-state index in [1.807, 2.05) is 13.8 Å². The molecule has 2 rings (SSSR count). The van der Waals surface area contributed by atoms with Gasteiger partial charge in [0.25, 0.3) is 11.6 Å². The third-order valence-corrected chi connectivity index (χ3v) is 3.51. The van der Waals surface area contributed by atoms with Crippen LogP contribution in [0.5, 0.6) is 5.75 Å². The number of hydrogen-bond acceptors (Lipinski definition) is 4. The van der Waals surface area contributed by atoms with Crippen LogP contribution < -0.4 is 10.1 Å². The Morgan fingerprint density at radius 2 is 2.00 bits per heavy atom. The van der Waals surface area contributed by atoms with Gasteiger partial charge in [0.2, 0.25) is 0 Å². The first kappa shape index (κ1) is 17.7. The van der Waals surface area contributed by atoms with Crippen molar-refractivity contribution in [3.63, 3.8) is 0 Å². The summed E-state index contributed by atoms with van der Waals surface area (Å²) in [5.41, 5.74) is 1.20. The summed E-state index contributed by atoms with van der Waals surface area (Å²) in [6.07, 6.45) is -0.000894. The van der Waals surface area contributed by atoms with Gasteiger partial charge < -0.3 is 10.1 Å². The topological polar surface area (TPSA) is 81.5 Å².